The maximum Gasteiger partial charge on any atom is 0.00134 e. The van der Waals surface area contributed by atoms with Crippen LogP contribution < -0.4 is 5.32 Å². The van der Waals surface area contributed by atoms with E-state index >= 15 is 0 Å². The zero-order valence-corrected chi connectivity index (χ0v) is 17.7. The molecule has 0 aromatic heterocycles. The van der Waals surface area contributed by atoms with Crippen LogP contribution in [0.1, 0.15) is 112 Å². The Labute approximate surface area is 152 Å². The van der Waals surface area contributed by atoms with Crippen LogP contribution in [0.25, 0.3) is 0 Å². The maximum atomic E-state index is 3.91. The monoisotopic (exact) mass is 335 g/mol. The summed E-state index contributed by atoms with van der Waals surface area (Å²) in [6.45, 7) is 17.5. The molecule has 24 heavy (non-hydrogen) atoms. The predicted octanol–water partition coefficient (Wildman–Crippen LogP) is 6.96. The van der Waals surface area contributed by atoms with Crippen molar-refractivity contribution in [2.45, 2.75) is 112 Å². The lowest BCUT2D eigenvalue weighted by atomic mass is 9.47. The summed E-state index contributed by atoms with van der Waals surface area (Å²) in [6, 6.07) is 0. The lowest BCUT2D eigenvalue weighted by molar-refractivity contribution is -0.0825. The van der Waals surface area contributed by atoms with E-state index in [-0.39, 0.29) is 0 Å². The minimum Gasteiger partial charge on any atom is -0.316 e. The van der Waals surface area contributed by atoms with E-state index in [2.05, 4.69) is 46.9 Å². The fourth-order valence-electron chi connectivity index (χ4n) is 7.08. The topological polar surface area (TPSA) is 12.0 Å². The third-order valence-corrected chi connectivity index (χ3v) is 8.76. The number of hydrogen-bond donors (Lipinski definition) is 1. The molecule has 0 radical (unpaired) electrons. The van der Waals surface area contributed by atoms with Crippen molar-refractivity contribution in [1.82, 2.24) is 5.32 Å². The van der Waals surface area contributed by atoms with Crippen molar-refractivity contribution in [3.05, 3.63) is 0 Å². The van der Waals surface area contributed by atoms with E-state index in [9.17, 15) is 0 Å². The predicted molar refractivity (Wildman–Crippen MR) is 107 cm³/mol. The molecular formula is C23H45N. The SMILES string of the molecule is CCCC12CCNCC(C(C)(CCC)C(C)(CC)CCC)(CC1)C2. The first-order valence-electron chi connectivity index (χ1n) is 11.1. The number of hydrogen-bond acceptors (Lipinski definition) is 1. The van der Waals surface area contributed by atoms with Crippen LogP contribution in [0.3, 0.4) is 0 Å². The van der Waals surface area contributed by atoms with Crippen LogP contribution in [0.15, 0.2) is 0 Å². The second kappa shape index (κ2) is 7.68. The highest BCUT2D eigenvalue weighted by molar-refractivity contribution is 5.12. The lowest BCUT2D eigenvalue weighted by Crippen LogP contribution is -2.53. The highest BCUT2D eigenvalue weighted by Gasteiger charge is 2.61. The summed E-state index contributed by atoms with van der Waals surface area (Å²) in [5, 5.41) is 3.91. The third kappa shape index (κ3) is 3.19. The Morgan fingerprint density at radius 2 is 1.58 bits per heavy atom. The molecule has 0 amide bonds. The molecule has 4 atom stereocenters. The van der Waals surface area contributed by atoms with Gasteiger partial charge in [0.25, 0.3) is 0 Å². The average Bonchev–Trinajstić information content (AvgIpc) is 2.80. The zero-order chi connectivity index (χ0) is 17.9. The molecule has 1 aliphatic heterocycles. The maximum absolute atomic E-state index is 3.91. The highest BCUT2D eigenvalue weighted by Crippen LogP contribution is 2.68. The number of nitrogens with one attached hydrogen (secondary N) is 1. The van der Waals surface area contributed by atoms with E-state index in [0.717, 1.165) is 0 Å². The van der Waals surface area contributed by atoms with Gasteiger partial charge in [0.05, 0.1) is 0 Å². The molecular weight excluding hydrogens is 290 g/mol. The van der Waals surface area contributed by atoms with Gasteiger partial charge < -0.3 is 5.32 Å². The Hall–Kier alpha value is -0.0400. The number of fused-ring (bicyclic) bond motifs is 2. The molecule has 2 bridgehead atoms. The van der Waals surface area contributed by atoms with Gasteiger partial charge >= 0.3 is 0 Å². The molecule has 2 aliphatic rings. The number of rotatable bonds is 9. The summed E-state index contributed by atoms with van der Waals surface area (Å²) in [5.41, 5.74) is 2.11. The molecule has 1 N–H and O–H groups in total. The third-order valence-electron chi connectivity index (χ3n) is 8.76. The summed E-state index contributed by atoms with van der Waals surface area (Å²) < 4.78 is 0. The Morgan fingerprint density at radius 3 is 2.17 bits per heavy atom. The highest BCUT2D eigenvalue weighted by atomic mass is 14.9. The standard InChI is InChI=1S/C23H45N/c1-7-11-20(5,10-4)21(6,12-8-2)23-15-14-22(18-23,13-9-3)16-17-24-19-23/h24H,7-19H2,1-6H3. The minimum absolute atomic E-state index is 0.465. The molecule has 0 aromatic rings. The Morgan fingerprint density at radius 1 is 0.875 bits per heavy atom. The smallest absolute Gasteiger partial charge is 0.00134 e. The fourth-order valence-corrected chi connectivity index (χ4v) is 7.08. The van der Waals surface area contributed by atoms with Crippen molar-refractivity contribution in [1.29, 1.82) is 0 Å². The van der Waals surface area contributed by atoms with E-state index in [0.29, 0.717) is 21.7 Å². The van der Waals surface area contributed by atoms with Gasteiger partial charge in [0.1, 0.15) is 0 Å². The van der Waals surface area contributed by atoms with Crippen LogP contribution in [-0.4, -0.2) is 13.1 Å². The fraction of sp³-hybridized carbons (Fsp3) is 1.00. The molecule has 0 aromatic carbocycles. The molecule has 1 saturated heterocycles. The van der Waals surface area contributed by atoms with Gasteiger partial charge in [-0.1, -0.05) is 67.2 Å². The first kappa shape index (κ1) is 20.3. The summed E-state index contributed by atoms with van der Waals surface area (Å²) in [6.07, 6.45) is 15.5. The Kier molecular flexibility index (Phi) is 6.49. The van der Waals surface area contributed by atoms with Gasteiger partial charge in [-0.05, 0) is 73.2 Å². The minimum atomic E-state index is 0.465. The molecule has 1 heteroatoms. The molecule has 1 nitrogen and oxygen atoms in total. The van der Waals surface area contributed by atoms with E-state index < -0.39 is 0 Å². The van der Waals surface area contributed by atoms with Crippen LogP contribution >= 0.6 is 0 Å². The Balaban J connectivity index is 2.45. The summed E-state index contributed by atoms with van der Waals surface area (Å²) in [7, 11) is 0. The van der Waals surface area contributed by atoms with Crippen LogP contribution in [-0.2, 0) is 0 Å². The molecule has 1 saturated carbocycles. The normalized spacial score (nSPS) is 35.2. The van der Waals surface area contributed by atoms with E-state index in [1.807, 2.05) is 0 Å². The van der Waals surface area contributed by atoms with Crippen molar-refractivity contribution < 1.29 is 0 Å². The van der Waals surface area contributed by atoms with Gasteiger partial charge in [-0.2, -0.15) is 0 Å². The molecule has 2 rings (SSSR count). The van der Waals surface area contributed by atoms with Crippen molar-refractivity contribution in [2.75, 3.05) is 13.1 Å². The van der Waals surface area contributed by atoms with Gasteiger partial charge in [0.15, 0.2) is 0 Å². The first-order valence-corrected chi connectivity index (χ1v) is 11.1. The molecule has 142 valence electrons. The lowest BCUT2D eigenvalue weighted by Gasteiger charge is -2.58. The zero-order valence-electron chi connectivity index (χ0n) is 17.7. The second-order valence-corrected chi connectivity index (χ2v) is 9.88. The van der Waals surface area contributed by atoms with Gasteiger partial charge in [-0.25, -0.2) is 0 Å². The van der Waals surface area contributed by atoms with Crippen molar-refractivity contribution in [3.8, 4) is 0 Å². The molecule has 0 spiro atoms. The molecule has 1 aliphatic carbocycles. The molecule has 2 fully saturated rings. The first-order chi connectivity index (χ1) is 11.4. The quantitative estimate of drug-likeness (QED) is 0.480. The largest absolute Gasteiger partial charge is 0.316 e. The Bertz CT molecular complexity index is 405. The van der Waals surface area contributed by atoms with Gasteiger partial charge in [-0.3, -0.25) is 0 Å². The van der Waals surface area contributed by atoms with Gasteiger partial charge in [0.2, 0.25) is 0 Å². The molecule has 1 heterocycles. The van der Waals surface area contributed by atoms with Crippen molar-refractivity contribution >= 4 is 0 Å². The van der Waals surface area contributed by atoms with Gasteiger partial charge in [0, 0.05) is 6.54 Å². The van der Waals surface area contributed by atoms with Crippen LogP contribution in [0.5, 0.6) is 0 Å². The van der Waals surface area contributed by atoms with Crippen LogP contribution in [0.2, 0.25) is 0 Å². The summed E-state index contributed by atoms with van der Waals surface area (Å²) in [4.78, 5) is 0. The van der Waals surface area contributed by atoms with E-state index in [4.69, 9.17) is 0 Å². The van der Waals surface area contributed by atoms with E-state index in [1.54, 1.807) is 0 Å². The van der Waals surface area contributed by atoms with Crippen molar-refractivity contribution in [2.24, 2.45) is 21.7 Å². The summed E-state index contributed by atoms with van der Waals surface area (Å²) >= 11 is 0. The van der Waals surface area contributed by atoms with Crippen molar-refractivity contribution in [3.63, 3.8) is 0 Å². The summed E-state index contributed by atoms with van der Waals surface area (Å²) in [5.74, 6) is 0. The second-order valence-electron chi connectivity index (χ2n) is 9.88. The van der Waals surface area contributed by atoms with Crippen LogP contribution in [0.4, 0.5) is 0 Å². The average molecular weight is 336 g/mol. The molecule has 4 unspecified atom stereocenters. The van der Waals surface area contributed by atoms with Crippen LogP contribution in [0, 0.1) is 21.7 Å². The van der Waals surface area contributed by atoms with E-state index in [1.165, 1.54) is 83.7 Å². The van der Waals surface area contributed by atoms with Gasteiger partial charge in [-0.15, -0.1) is 0 Å².